The Morgan fingerprint density at radius 2 is 0.944 bits per heavy atom. The maximum atomic E-state index is 12.9. The van der Waals surface area contributed by atoms with Crippen LogP contribution in [0.25, 0.3) is 0 Å². The van der Waals surface area contributed by atoms with Gasteiger partial charge in [-0.05, 0) is 103 Å². The van der Waals surface area contributed by atoms with Gasteiger partial charge in [-0.15, -0.1) is 0 Å². The molecule has 0 aliphatic heterocycles. The zero-order valence-electron chi connectivity index (χ0n) is 35.7. The Kier molecular flexibility index (Phi) is 31.1. The third-order valence-corrected chi connectivity index (χ3v) is 9.91. The number of hydrogen-bond donors (Lipinski definition) is 2. The highest BCUT2D eigenvalue weighted by Gasteiger charge is 2.19. The largest absolute Gasteiger partial charge is 0.423 e. The third kappa shape index (κ3) is 29.9. The van der Waals surface area contributed by atoms with Crippen LogP contribution in [-0.4, -0.2) is 29.1 Å². The number of carbonyl (C=O) groups excluding carboxylic acids is 2. The standard InChI is InChI=1S/C48H83NO5/c1-6-8-10-12-14-16-18-20-22-24-26-28-30-32-34-36-46(51)53-44-39-38-42(43(50)41-49-48(3,4)5)40-45(44)54-47(52)37-35-33-31-29-27-25-23-21-19-17-15-13-11-9-7-2/h20-23,38-40,43,49-50H,6-19,24-37,41H2,1-5H3/b22-20+,23-21+. The fourth-order valence-corrected chi connectivity index (χ4v) is 6.44. The number of unbranched alkanes of at least 4 members (excludes halogenated alkanes) is 22. The summed E-state index contributed by atoms with van der Waals surface area (Å²) in [6, 6.07) is 5.01. The molecule has 6 nitrogen and oxygen atoms in total. The SMILES string of the molecule is CCCCCCCC/C=C/CCCCCCCC(=O)Oc1ccc(C(O)CNC(C)(C)C)cc1OC(=O)CCCCCCC/C=C/CCCCCCCC. The number of carbonyl (C=O) groups is 2. The van der Waals surface area contributed by atoms with Gasteiger partial charge in [0.1, 0.15) is 0 Å². The Morgan fingerprint density at radius 1 is 0.574 bits per heavy atom. The predicted molar refractivity (Wildman–Crippen MR) is 229 cm³/mol. The second-order valence-electron chi connectivity index (χ2n) is 16.5. The van der Waals surface area contributed by atoms with E-state index in [4.69, 9.17) is 9.47 Å². The van der Waals surface area contributed by atoms with Gasteiger partial charge >= 0.3 is 11.9 Å². The molecule has 0 spiro atoms. The molecule has 6 heteroatoms. The highest BCUT2D eigenvalue weighted by molar-refractivity contribution is 5.76. The van der Waals surface area contributed by atoms with Gasteiger partial charge in [0, 0.05) is 24.9 Å². The van der Waals surface area contributed by atoms with Crippen LogP contribution in [0.1, 0.15) is 226 Å². The molecule has 1 unspecified atom stereocenters. The predicted octanol–water partition coefficient (Wildman–Crippen LogP) is 14.0. The van der Waals surface area contributed by atoms with Crippen LogP contribution in [0, 0.1) is 0 Å². The highest BCUT2D eigenvalue weighted by Crippen LogP contribution is 2.32. The summed E-state index contributed by atoms with van der Waals surface area (Å²) in [4.78, 5) is 25.7. The monoisotopic (exact) mass is 754 g/mol. The molecule has 0 radical (unpaired) electrons. The fraction of sp³-hybridized carbons (Fsp3) is 0.750. The topological polar surface area (TPSA) is 84.9 Å². The average Bonchev–Trinajstić information content (AvgIpc) is 3.14. The number of aliphatic hydroxyl groups is 1. The van der Waals surface area contributed by atoms with Crippen molar-refractivity contribution in [2.45, 2.75) is 226 Å². The summed E-state index contributed by atoms with van der Waals surface area (Å²) >= 11 is 0. The van der Waals surface area contributed by atoms with Crippen molar-refractivity contribution in [1.29, 1.82) is 0 Å². The molecule has 0 aliphatic rings. The van der Waals surface area contributed by atoms with Crippen LogP contribution < -0.4 is 14.8 Å². The second kappa shape index (κ2) is 33.9. The Morgan fingerprint density at radius 3 is 1.35 bits per heavy atom. The summed E-state index contributed by atoms with van der Waals surface area (Å²) in [5, 5.41) is 14.2. The van der Waals surface area contributed by atoms with E-state index in [0.717, 1.165) is 57.8 Å². The number of aliphatic hydroxyl groups excluding tert-OH is 1. The summed E-state index contributed by atoms with van der Waals surface area (Å²) in [5.41, 5.74) is 0.451. The van der Waals surface area contributed by atoms with Crippen LogP contribution in [0.4, 0.5) is 0 Å². The summed E-state index contributed by atoms with van der Waals surface area (Å²) in [6.45, 7) is 11.0. The molecule has 0 aliphatic carbocycles. The molecular formula is C48H83NO5. The molecule has 1 aromatic carbocycles. The van der Waals surface area contributed by atoms with E-state index >= 15 is 0 Å². The smallest absolute Gasteiger partial charge is 0.311 e. The van der Waals surface area contributed by atoms with Crippen LogP contribution in [-0.2, 0) is 9.59 Å². The maximum Gasteiger partial charge on any atom is 0.311 e. The number of benzene rings is 1. The molecule has 0 heterocycles. The fourth-order valence-electron chi connectivity index (χ4n) is 6.44. The molecule has 310 valence electrons. The summed E-state index contributed by atoms with van der Waals surface area (Å²) in [7, 11) is 0. The van der Waals surface area contributed by atoms with Crippen LogP contribution in [0.3, 0.4) is 0 Å². The summed E-state index contributed by atoms with van der Waals surface area (Å²) in [5.74, 6) is -0.255. The van der Waals surface area contributed by atoms with E-state index in [1.54, 1.807) is 18.2 Å². The minimum Gasteiger partial charge on any atom is -0.423 e. The lowest BCUT2D eigenvalue weighted by atomic mass is 10.1. The van der Waals surface area contributed by atoms with Crippen molar-refractivity contribution in [2.24, 2.45) is 0 Å². The normalized spacial score (nSPS) is 12.6. The molecule has 1 rings (SSSR count). The van der Waals surface area contributed by atoms with E-state index in [0.29, 0.717) is 24.9 Å². The first-order chi connectivity index (χ1) is 26.2. The zero-order valence-corrected chi connectivity index (χ0v) is 35.7. The Balaban J connectivity index is 2.43. The van der Waals surface area contributed by atoms with Crippen molar-refractivity contribution in [3.63, 3.8) is 0 Å². The number of nitrogens with one attached hydrogen (secondary N) is 1. The van der Waals surface area contributed by atoms with Gasteiger partial charge in [-0.25, -0.2) is 0 Å². The molecule has 0 saturated heterocycles. The lowest BCUT2D eigenvalue weighted by molar-refractivity contribution is -0.137. The number of esters is 2. The highest BCUT2D eigenvalue weighted by atomic mass is 16.6. The molecular weight excluding hydrogens is 671 g/mol. The Bertz CT molecular complexity index is 1120. The van der Waals surface area contributed by atoms with Gasteiger partial charge in [-0.3, -0.25) is 9.59 Å². The Labute approximate surface area is 332 Å². The van der Waals surface area contributed by atoms with E-state index in [9.17, 15) is 14.7 Å². The molecule has 0 saturated carbocycles. The number of β-amino-alcohol motifs (C(OH)–C–C–N with tert-alkyl or cyclic N) is 1. The molecule has 0 bridgehead atoms. The van der Waals surface area contributed by atoms with Crippen LogP contribution in [0.5, 0.6) is 11.5 Å². The minimum absolute atomic E-state index is 0.153. The lowest BCUT2D eigenvalue weighted by Gasteiger charge is -2.23. The zero-order chi connectivity index (χ0) is 39.5. The number of ether oxygens (including phenoxy) is 2. The number of rotatable bonds is 35. The first-order valence-electron chi connectivity index (χ1n) is 22.4. The van der Waals surface area contributed by atoms with Gasteiger partial charge in [-0.1, -0.05) is 147 Å². The third-order valence-electron chi connectivity index (χ3n) is 9.91. The quantitative estimate of drug-likeness (QED) is 0.0311. The van der Waals surface area contributed by atoms with E-state index < -0.39 is 6.10 Å². The van der Waals surface area contributed by atoms with E-state index in [1.165, 1.54) is 109 Å². The van der Waals surface area contributed by atoms with Crippen molar-refractivity contribution in [3.05, 3.63) is 48.1 Å². The van der Waals surface area contributed by atoms with Crippen molar-refractivity contribution < 1.29 is 24.2 Å². The molecule has 1 atom stereocenters. The van der Waals surface area contributed by atoms with Gasteiger partial charge in [0.15, 0.2) is 11.5 Å². The molecule has 0 aromatic heterocycles. The number of hydrogen-bond acceptors (Lipinski definition) is 6. The molecule has 0 fully saturated rings. The van der Waals surface area contributed by atoms with E-state index in [1.807, 2.05) is 20.8 Å². The van der Waals surface area contributed by atoms with Crippen molar-refractivity contribution in [2.75, 3.05) is 6.54 Å². The molecule has 0 amide bonds. The first kappa shape index (κ1) is 49.6. The van der Waals surface area contributed by atoms with Crippen molar-refractivity contribution in [1.82, 2.24) is 5.32 Å². The van der Waals surface area contributed by atoms with Gasteiger partial charge < -0.3 is 19.9 Å². The van der Waals surface area contributed by atoms with Gasteiger partial charge in [0.05, 0.1) is 6.10 Å². The molecule has 1 aromatic rings. The van der Waals surface area contributed by atoms with Crippen LogP contribution in [0.2, 0.25) is 0 Å². The van der Waals surface area contributed by atoms with Crippen LogP contribution in [0.15, 0.2) is 42.5 Å². The van der Waals surface area contributed by atoms with E-state index in [2.05, 4.69) is 43.5 Å². The van der Waals surface area contributed by atoms with Gasteiger partial charge in [0.25, 0.3) is 0 Å². The van der Waals surface area contributed by atoms with Crippen LogP contribution >= 0.6 is 0 Å². The van der Waals surface area contributed by atoms with Crippen molar-refractivity contribution >= 4 is 11.9 Å². The lowest BCUT2D eigenvalue weighted by Crippen LogP contribution is -2.38. The maximum absolute atomic E-state index is 12.9. The average molecular weight is 754 g/mol. The van der Waals surface area contributed by atoms with Gasteiger partial charge in [0.2, 0.25) is 0 Å². The summed E-state index contributed by atoms with van der Waals surface area (Å²) in [6.07, 6.45) is 40.4. The second-order valence-corrected chi connectivity index (χ2v) is 16.5. The number of allylic oxidation sites excluding steroid dienone is 4. The summed E-state index contributed by atoms with van der Waals surface area (Å²) < 4.78 is 11.5. The molecule has 54 heavy (non-hydrogen) atoms. The van der Waals surface area contributed by atoms with Gasteiger partial charge in [-0.2, -0.15) is 0 Å². The minimum atomic E-state index is -0.798. The first-order valence-corrected chi connectivity index (χ1v) is 22.4. The van der Waals surface area contributed by atoms with E-state index in [-0.39, 0.29) is 29.0 Å². The molecule has 2 N–H and O–H groups in total. The Hall–Kier alpha value is -2.44. The van der Waals surface area contributed by atoms with Crippen molar-refractivity contribution in [3.8, 4) is 11.5 Å².